The van der Waals surface area contributed by atoms with Gasteiger partial charge in [0.2, 0.25) is 0 Å². The highest BCUT2D eigenvalue weighted by Crippen LogP contribution is 2.27. The van der Waals surface area contributed by atoms with E-state index >= 15 is 0 Å². The van der Waals surface area contributed by atoms with Crippen molar-refractivity contribution in [3.05, 3.63) is 46.8 Å². The summed E-state index contributed by atoms with van der Waals surface area (Å²) in [6.45, 7) is 0.988. The number of hydrogen-bond acceptors (Lipinski definition) is 7. The lowest BCUT2D eigenvalue weighted by Crippen LogP contribution is -2.40. The average Bonchev–Trinajstić information content (AvgIpc) is 3.38. The number of carbonyl (C=O) groups excluding carboxylic acids is 1. The molecule has 28 heavy (non-hydrogen) atoms. The molecule has 0 atom stereocenters. The molecule has 148 valence electrons. The molecule has 0 bridgehead atoms. The number of nitrogens with zero attached hydrogens (tertiary/aromatic N) is 2. The van der Waals surface area contributed by atoms with E-state index in [0.717, 1.165) is 15.2 Å². The number of hydrogen-bond donors (Lipinski definition) is 0. The Morgan fingerprint density at radius 3 is 2.68 bits per heavy atom. The second-order valence-corrected chi connectivity index (χ2v) is 10.8. The standard InChI is InChI=1S/C19H20N2O4S3/c22-19(25-12-9-17-20-15-4-1-2-5-16(15)27-17)14-7-10-21(11-8-14)28(23,24)18-6-3-13-26-18/h1-6,13-14H,7-12H2. The largest absolute Gasteiger partial charge is 0.465 e. The summed E-state index contributed by atoms with van der Waals surface area (Å²) in [5, 5.41) is 2.70. The molecule has 1 saturated heterocycles. The van der Waals surface area contributed by atoms with Gasteiger partial charge in [-0.3, -0.25) is 4.79 Å². The fourth-order valence-corrected chi connectivity index (χ4v) is 6.82. The molecule has 1 aliphatic heterocycles. The van der Waals surface area contributed by atoms with E-state index in [9.17, 15) is 13.2 Å². The highest BCUT2D eigenvalue weighted by Gasteiger charge is 2.33. The van der Waals surface area contributed by atoms with Crippen molar-refractivity contribution in [3.63, 3.8) is 0 Å². The quantitative estimate of drug-likeness (QED) is 0.553. The number of fused-ring (bicyclic) bond motifs is 1. The predicted octanol–water partition coefficient (Wildman–Crippen LogP) is 3.54. The van der Waals surface area contributed by atoms with Crippen LogP contribution in [0.2, 0.25) is 0 Å². The van der Waals surface area contributed by atoms with Crippen LogP contribution >= 0.6 is 22.7 Å². The lowest BCUT2D eigenvalue weighted by molar-refractivity contribution is -0.149. The summed E-state index contributed by atoms with van der Waals surface area (Å²) in [6, 6.07) is 11.3. The molecule has 1 aliphatic rings. The summed E-state index contributed by atoms with van der Waals surface area (Å²) in [5.41, 5.74) is 0.966. The van der Waals surface area contributed by atoms with Gasteiger partial charge in [0.25, 0.3) is 10.0 Å². The van der Waals surface area contributed by atoms with Crippen molar-refractivity contribution in [2.45, 2.75) is 23.5 Å². The highest BCUT2D eigenvalue weighted by atomic mass is 32.2. The minimum atomic E-state index is -3.44. The summed E-state index contributed by atoms with van der Waals surface area (Å²) in [5.74, 6) is -0.487. The molecule has 9 heteroatoms. The molecule has 3 aromatic rings. The molecule has 6 nitrogen and oxygen atoms in total. The molecule has 0 aliphatic carbocycles. The van der Waals surface area contributed by atoms with Crippen LogP contribution in [0.5, 0.6) is 0 Å². The predicted molar refractivity (Wildman–Crippen MR) is 110 cm³/mol. The van der Waals surface area contributed by atoms with Crippen LogP contribution in [0.25, 0.3) is 10.2 Å². The Kier molecular flexibility index (Phi) is 5.77. The van der Waals surface area contributed by atoms with Gasteiger partial charge < -0.3 is 4.74 Å². The molecule has 2 aromatic heterocycles. The fourth-order valence-electron chi connectivity index (χ4n) is 3.25. The summed E-state index contributed by atoms with van der Waals surface area (Å²) in [6.07, 6.45) is 1.58. The zero-order chi connectivity index (χ0) is 19.6. The van der Waals surface area contributed by atoms with Gasteiger partial charge in [-0.15, -0.1) is 22.7 Å². The number of aromatic nitrogens is 1. The third-order valence-corrected chi connectivity index (χ3v) is 9.14. The Bertz CT molecular complexity index is 1020. The summed E-state index contributed by atoms with van der Waals surface area (Å²) in [4.78, 5) is 16.9. The van der Waals surface area contributed by atoms with Crippen LogP contribution in [0.4, 0.5) is 0 Å². The first kappa shape index (κ1) is 19.5. The number of carbonyl (C=O) groups is 1. The fraction of sp³-hybridized carbons (Fsp3) is 0.368. The smallest absolute Gasteiger partial charge is 0.309 e. The van der Waals surface area contributed by atoms with Crippen LogP contribution in [-0.4, -0.2) is 43.4 Å². The van der Waals surface area contributed by atoms with Crippen LogP contribution in [0, 0.1) is 5.92 Å². The van der Waals surface area contributed by atoms with Gasteiger partial charge in [0.15, 0.2) is 0 Å². The maximum Gasteiger partial charge on any atom is 0.309 e. The van der Waals surface area contributed by atoms with Gasteiger partial charge in [0.1, 0.15) is 4.21 Å². The van der Waals surface area contributed by atoms with Crippen LogP contribution in [0.3, 0.4) is 0 Å². The molecule has 0 unspecified atom stereocenters. The topological polar surface area (TPSA) is 76.6 Å². The minimum absolute atomic E-state index is 0.241. The van der Waals surface area contributed by atoms with Crippen molar-refractivity contribution in [2.75, 3.05) is 19.7 Å². The van der Waals surface area contributed by atoms with Gasteiger partial charge in [0, 0.05) is 19.5 Å². The number of para-hydroxylation sites is 1. The number of thiazole rings is 1. The van der Waals surface area contributed by atoms with Crippen LogP contribution in [-0.2, 0) is 26.0 Å². The van der Waals surface area contributed by atoms with E-state index in [1.54, 1.807) is 28.8 Å². The molecule has 1 fully saturated rings. The van der Waals surface area contributed by atoms with Crippen LogP contribution in [0.15, 0.2) is 46.0 Å². The number of sulfonamides is 1. The van der Waals surface area contributed by atoms with Crippen LogP contribution in [0.1, 0.15) is 17.8 Å². The maximum absolute atomic E-state index is 12.5. The van der Waals surface area contributed by atoms with Gasteiger partial charge in [-0.05, 0) is 36.4 Å². The van der Waals surface area contributed by atoms with Crippen LogP contribution < -0.4 is 0 Å². The number of benzene rings is 1. The SMILES string of the molecule is O=C(OCCc1nc2ccccc2s1)C1CCN(S(=O)(=O)c2cccs2)CC1. The second kappa shape index (κ2) is 8.28. The molecule has 0 spiro atoms. The second-order valence-electron chi connectivity index (χ2n) is 6.60. The van der Waals surface area contributed by atoms with E-state index in [0.29, 0.717) is 43.2 Å². The number of ether oxygens (including phenoxy) is 1. The van der Waals surface area contributed by atoms with Gasteiger partial charge in [-0.1, -0.05) is 18.2 Å². The number of esters is 1. The Morgan fingerprint density at radius 1 is 1.18 bits per heavy atom. The van der Waals surface area contributed by atoms with Gasteiger partial charge >= 0.3 is 5.97 Å². The van der Waals surface area contributed by atoms with E-state index in [2.05, 4.69) is 4.98 Å². The van der Waals surface area contributed by atoms with E-state index in [1.807, 2.05) is 24.3 Å². The summed E-state index contributed by atoms with van der Waals surface area (Å²) < 4.78 is 33.5. The lowest BCUT2D eigenvalue weighted by Gasteiger charge is -2.29. The van der Waals surface area contributed by atoms with Gasteiger partial charge in [-0.25, -0.2) is 13.4 Å². The molecular formula is C19H20N2O4S3. The maximum atomic E-state index is 12.5. The zero-order valence-electron chi connectivity index (χ0n) is 15.1. The third-order valence-electron chi connectivity index (χ3n) is 4.77. The Hall–Kier alpha value is -1.81. The first-order valence-electron chi connectivity index (χ1n) is 9.09. The summed E-state index contributed by atoms with van der Waals surface area (Å²) >= 11 is 2.83. The van der Waals surface area contributed by atoms with E-state index in [4.69, 9.17) is 4.74 Å². The minimum Gasteiger partial charge on any atom is -0.465 e. The summed E-state index contributed by atoms with van der Waals surface area (Å²) in [7, 11) is -3.44. The van der Waals surface area contributed by atoms with E-state index in [-0.39, 0.29) is 11.9 Å². The van der Waals surface area contributed by atoms with Crippen molar-refractivity contribution >= 4 is 48.9 Å². The normalized spacial score (nSPS) is 16.4. The lowest BCUT2D eigenvalue weighted by atomic mass is 9.98. The molecule has 0 N–H and O–H groups in total. The van der Waals surface area contributed by atoms with E-state index in [1.165, 1.54) is 15.6 Å². The molecular weight excluding hydrogens is 416 g/mol. The Labute approximate surface area is 171 Å². The first-order chi connectivity index (χ1) is 13.5. The Balaban J connectivity index is 1.26. The van der Waals surface area contributed by atoms with Crippen molar-refractivity contribution in [1.82, 2.24) is 9.29 Å². The molecule has 0 amide bonds. The average molecular weight is 437 g/mol. The van der Waals surface area contributed by atoms with E-state index < -0.39 is 10.0 Å². The van der Waals surface area contributed by atoms with Gasteiger partial charge in [-0.2, -0.15) is 4.31 Å². The van der Waals surface area contributed by atoms with Crippen molar-refractivity contribution in [1.29, 1.82) is 0 Å². The monoisotopic (exact) mass is 436 g/mol. The van der Waals surface area contributed by atoms with Crippen molar-refractivity contribution in [2.24, 2.45) is 5.92 Å². The number of thiophene rings is 1. The zero-order valence-corrected chi connectivity index (χ0v) is 17.6. The van der Waals surface area contributed by atoms with Crippen molar-refractivity contribution < 1.29 is 17.9 Å². The molecule has 0 saturated carbocycles. The first-order valence-corrected chi connectivity index (χ1v) is 12.2. The Morgan fingerprint density at radius 2 is 1.96 bits per heavy atom. The number of piperidine rings is 1. The molecule has 3 heterocycles. The number of rotatable bonds is 6. The highest BCUT2D eigenvalue weighted by molar-refractivity contribution is 7.91. The molecule has 1 aromatic carbocycles. The molecule has 0 radical (unpaired) electrons. The third kappa shape index (κ3) is 4.12. The molecule has 4 rings (SSSR count). The van der Waals surface area contributed by atoms with Crippen molar-refractivity contribution in [3.8, 4) is 0 Å². The van der Waals surface area contributed by atoms with Gasteiger partial charge in [0.05, 0.1) is 27.7 Å².